The van der Waals surface area contributed by atoms with Crippen molar-refractivity contribution >= 4 is 35.6 Å². The molecule has 0 aliphatic heterocycles. The molecule has 0 fully saturated rings. The van der Waals surface area contributed by atoms with Crippen LogP contribution in [0.4, 0.5) is 0 Å². The number of ether oxygens (including phenoxy) is 2. The number of benzene rings is 3. The van der Waals surface area contributed by atoms with Crippen LogP contribution in [0.2, 0.25) is 10.0 Å². The lowest BCUT2D eigenvalue weighted by Crippen LogP contribution is -2.12. The number of nitrogens with one attached hydrogen (secondary N) is 1. The van der Waals surface area contributed by atoms with E-state index in [4.69, 9.17) is 32.7 Å². The maximum absolute atomic E-state index is 6.06. The molecule has 29 heavy (non-hydrogen) atoms. The summed E-state index contributed by atoms with van der Waals surface area (Å²) in [5.74, 6) is 1.39. The average molecular weight is 453 g/mol. The van der Waals surface area contributed by atoms with E-state index < -0.39 is 0 Å². The first kappa shape index (κ1) is 23.4. The highest BCUT2D eigenvalue weighted by molar-refractivity contribution is 6.42. The second kappa shape index (κ2) is 11.3. The summed E-state index contributed by atoms with van der Waals surface area (Å²) in [5.41, 5.74) is 4.61. The molecule has 0 heterocycles. The van der Waals surface area contributed by atoms with Gasteiger partial charge < -0.3 is 14.8 Å². The first-order valence-corrected chi connectivity index (χ1v) is 9.80. The molecule has 0 amide bonds. The SMILES string of the molecule is COc1cc(CNCc2ccc(C)cc2)ccc1OCc1ccc(Cl)c(Cl)c1.Cl. The van der Waals surface area contributed by atoms with Crippen molar-refractivity contribution in [1.82, 2.24) is 5.32 Å². The second-order valence-electron chi connectivity index (χ2n) is 6.61. The van der Waals surface area contributed by atoms with E-state index in [1.807, 2.05) is 24.3 Å². The molecule has 0 spiro atoms. The normalized spacial score (nSPS) is 10.3. The number of methoxy groups -OCH3 is 1. The first-order chi connectivity index (χ1) is 13.5. The Morgan fingerprint density at radius 1 is 0.759 bits per heavy atom. The number of hydrogen-bond donors (Lipinski definition) is 1. The van der Waals surface area contributed by atoms with Gasteiger partial charge in [0.2, 0.25) is 0 Å². The van der Waals surface area contributed by atoms with Crippen LogP contribution < -0.4 is 14.8 Å². The number of rotatable bonds is 8. The van der Waals surface area contributed by atoms with Crippen LogP contribution in [0.15, 0.2) is 60.7 Å². The molecule has 0 aliphatic rings. The van der Waals surface area contributed by atoms with E-state index in [-0.39, 0.29) is 12.4 Å². The quantitative estimate of drug-likeness (QED) is 0.417. The number of hydrogen-bond acceptors (Lipinski definition) is 3. The minimum Gasteiger partial charge on any atom is -0.493 e. The molecule has 0 atom stereocenters. The summed E-state index contributed by atoms with van der Waals surface area (Å²) in [7, 11) is 1.64. The third kappa shape index (κ3) is 6.83. The van der Waals surface area contributed by atoms with E-state index in [2.05, 4.69) is 36.5 Å². The molecular formula is C23H24Cl3NO2. The minimum atomic E-state index is 0. The summed E-state index contributed by atoms with van der Waals surface area (Å²) in [5, 5.41) is 4.51. The highest BCUT2D eigenvalue weighted by Gasteiger charge is 2.07. The van der Waals surface area contributed by atoms with Gasteiger partial charge in [0.25, 0.3) is 0 Å². The maximum atomic E-state index is 6.06. The van der Waals surface area contributed by atoms with Gasteiger partial charge >= 0.3 is 0 Å². The zero-order valence-corrected chi connectivity index (χ0v) is 18.7. The fraction of sp³-hybridized carbons (Fsp3) is 0.217. The molecule has 6 heteroatoms. The summed E-state index contributed by atoms with van der Waals surface area (Å²) in [6.45, 7) is 4.04. The van der Waals surface area contributed by atoms with Crippen molar-refractivity contribution < 1.29 is 9.47 Å². The van der Waals surface area contributed by atoms with Crippen LogP contribution in [0, 0.1) is 6.92 Å². The molecule has 3 aromatic carbocycles. The van der Waals surface area contributed by atoms with Gasteiger partial charge in [-0.3, -0.25) is 0 Å². The molecule has 3 aromatic rings. The van der Waals surface area contributed by atoms with Crippen LogP contribution in [0.5, 0.6) is 11.5 Å². The van der Waals surface area contributed by atoms with E-state index in [0.717, 1.165) is 24.2 Å². The van der Waals surface area contributed by atoms with Crippen LogP contribution in [0.25, 0.3) is 0 Å². The van der Waals surface area contributed by atoms with Crippen LogP contribution >= 0.6 is 35.6 Å². The van der Waals surface area contributed by atoms with Crippen molar-refractivity contribution in [3.05, 3.63) is 93.0 Å². The molecule has 154 valence electrons. The van der Waals surface area contributed by atoms with E-state index in [0.29, 0.717) is 28.2 Å². The Balaban J connectivity index is 0.00000300. The van der Waals surface area contributed by atoms with Gasteiger partial charge in [0.05, 0.1) is 17.2 Å². The molecule has 0 bridgehead atoms. The van der Waals surface area contributed by atoms with Gasteiger partial charge in [0.1, 0.15) is 6.61 Å². The summed E-state index contributed by atoms with van der Waals surface area (Å²) in [4.78, 5) is 0. The molecule has 3 nitrogen and oxygen atoms in total. The lowest BCUT2D eigenvalue weighted by molar-refractivity contribution is 0.284. The maximum Gasteiger partial charge on any atom is 0.161 e. The molecule has 0 unspecified atom stereocenters. The molecule has 1 N–H and O–H groups in total. The van der Waals surface area contributed by atoms with Gasteiger partial charge in [-0.1, -0.05) is 65.2 Å². The van der Waals surface area contributed by atoms with Gasteiger partial charge in [-0.2, -0.15) is 0 Å². The smallest absolute Gasteiger partial charge is 0.161 e. The Kier molecular flexibility index (Phi) is 9.12. The zero-order valence-electron chi connectivity index (χ0n) is 16.4. The van der Waals surface area contributed by atoms with E-state index in [1.54, 1.807) is 19.2 Å². The summed E-state index contributed by atoms with van der Waals surface area (Å²) in [6.07, 6.45) is 0. The Morgan fingerprint density at radius 3 is 2.10 bits per heavy atom. The first-order valence-electron chi connectivity index (χ1n) is 9.05. The summed E-state index contributed by atoms with van der Waals surface area (Å²) >= 11 is 12.0. The third-order valence-electron chi connectivity index (χ3n) is 4.39. The summed E-state index contributed by atoms with van der Waals surface area (Å²) in [6, 6.07) is 20.0. The number of aryl methyl sites for hydroxylation is 1. The standard InChI is InChI=1S/C23H23Cl2NO2.ClH/c1-16-3-5-17(6-4-16)13-26-14-18-8-10-22(23(12-18)27-2)28-15-19-7-9-20(24)21(25)11-19;/h3-12,26H,13-15H2,1-2H3;1H. The largest absolute Gasteiger partial charge is 0.493 e. The van der Waals surface area contributed by atoms with Gasteiger partial charge in [-0.15, -0.1) is 12.4 Å². The zero-order chi connectivity index (χ0) is 19.9. The Bertz CT molecular complexity index is 930. The molecule has 0 aromatic heterocycles. The highest BCUT2D eigenvalue weighted by atomic mass is 35.5. The molecule has 0 aliphatic carbocycles. The van der Waals surface area contributed by atoms with Crippen LogP contribution in [-0.4, -0.2) is 7.11 Å². The molecule has 3 rings (SSSR count). The van der Waals surface area contributed by atoms with Crippen LogP contribution in [0.1, 0.15) is 22.3 Å². The van der Waals surface area contributed by atoms with E-state index >= 15 is 0 Å². The highest BCUT2D eigenvalue weighted by Crippen LogP contribution is 2.30. The predicted octanol–water partition coefficient (Wildman–Crippen LogP) is 6.60. The molecule has 0 saturated heterocycles. The fourth-order valence-corrected chi connectivity index (χ4v) is 3.11. The monoisotopic (exact) mass is 451 g/mol. The minimum absolute atomic E-state index is 0. The Labute approximate surface area is 188 Å². The van der Waals surface area contributed by atoms with Gasteiger partial charge in [-0.25, -0.2) is 0 Å². The Morgan fingerprint density at radius 2 is 1.41 bits per heavy atom. The lowest BCUT2D eigenvalue weighted by atomic mass is 10.1. The Hall–Kier alpha value is -1.91. The summed E-state index contributed by atoms with van der Waals surface area (Å²) < 4.78 is 11.4. The predicted molar refractivity (Wildman–Crippen MR) is 123 cm³/mol. The van der Waals surface area contributed by atoms with Crippen molar-refractivity contribution in [2.45, 2.75) is 26.6 Å². The molecular weight excluding hydrogens is 429 g/mol. The molecule has 0 radical (unpaired) electrons. The van der Waals surface area contributed by atoms with Crippen LogP contribution in [0.3, 0.4) is 0 Å². The fourth-order valence-electron chi connectivity index (χ4n) is 2.79. The van der Waals surface area contributed by atoms with Crippen molar-refractivity contribution in [2.75, 3.05) is 7.11 Å². The van der Waals surface area contributed by atoms with Crippen molar-refractivity contribution in [1.29, 1.82) is 0 Å². The van der Waals surface area contributed by atoms with Crippen molar-refractivity contribution in [2.24, 2.45) is 0 Å². The van der Waals surface area contributed by atoms with E-state index in [9.17, 15) is 0 Å². The van der Waals surface area contributed by atoms with Crippen LogP contribution in [-0.2, 0) is 19.7 Å². The second-order valence-corrected chi connectivity index (χ2v) is 7.43. The van der Waals surface area contributed by atoms with Crippen molar-refractivity contribution in [3.8, 4) is 11.5 Å². The van der Waals surface area contributed by atoms with E-state index in [1.165, 1.54) is 11.1 Å². The lowest BCUT2D eigenvalue weighted by Gasteiger charge is -2.13. The van der Waals surface area contributed by atoms with Crippen molar-refractivity contribution in [3.63, 3.8) is 0 Å². The topological polar surface area (TPSA) is 30.5 Å². The third-order valence-corrected chi connectivity index (χ3v) is 5.12. The average Bonchev–Trinajstić information content (AvgIpc) is 2.71. The number of halogens is 3. The van der Waals surface area contributed by atoms with Gasteiger partial charge in [0, 0.05) is 13.1 Å². The van der Waals surface area contributed by atoms with Gasteiger partial charge in [0.15, 0.2) is 11.5 Å². The molecule has 0 saturated carbocycles. The van der Waals surface area contributed by atoms with Gasteiger partial charge in [-0.05, 0) is 47.9 Å².